The summed E-state index contributed by atoms with van der Waals surface area (Å²) in [6.45, 7) is -3.21. The van der Waals surface area contributed by atoms with Gasteiger partial charge in [0.1, 0.15) is 17.6 Å². The molecule has 0 radical (unpaired) electrons. The van der Waals surface area contributed by atoms with E-state index in [1.165, 1.54) is 18.3 Å². The number of hydrazone groups is 1. The number of hydrogen-bond donors (Lipinski definition) is 2. The van der Waals surface area contributed by atoms with Crippen LogP contribution < -0.4 is 11.2 Å². The van der Waals surface area contributed by atoms with E-state index in [1.54, 1.807) is 0 Å². The standard InChI is InChI=1S/C16H13F3N4O2/c1-8-14(22-23-15(24)25-8)10-2-3-11(12(6-10)16(17,18)19)9-4-5-21-13(20)7-9/h2-8H,1H3,(H2,20,21)(H,23,24)/t8-/m0/s1/i1D3,8D. The number of hydrogen-bond acceptors (Lipinski definition) is 5. The van der Waals surface area contributed by atoms with E-state index in [9.17, 15) is 18.0 Å². The van der Waals surface area contributed by atoms with Crippen LogP contribution in [-0.4, -0.2) is 22.9 Å². The molecule has 2 heterocycles. The van der Waals surface area contributed by atoms with Crippen LogP contribution in [0.4, 0.5) is 23.8 Å². The fourth-order valence-corrected chi connectivity index (χ4v) is 2.31. The minimum absolute atomic E-state index is 0.0139. The third kappa shape index (κ3) is 3.39. The normalized spacial score (nSPS) is 23.3. The van der Waals surface area contributed by atoms with Crippen molar-refractivity contribution in [1.29, 1.82) is 0 Å². The second kappa shape index (κ2) is 6.08. The zero-order valence-corrected chi connectivity index (χ0v) is 12.4. The molecular weight excluding hydrogens is 337 g/mol. The SMILES string of the molecule is [2H]C([2H])([2H])[C@]1([2H])OC(=O)NN=C1c1ccc(-c2ccnc(N)c2)c(C(F)(F)F)c1. The smallest absolute Gasteiger partial charge is 0.428 e. The number of carbonyl (C=O) groups excluding carboxylic acids is 1. The molecule has 0 unspecified atom stereocenters. The van der Waals surface area contributed by atoms with E-state index in [4.69, 9.17) is 11.2 Å². The van der Waals surface area contributed by atoms with Gasteiger partial charge in [0, 0.05) is 15.9 Å². The van der Waals surface area contributed by atoms with Gasteiger partial charge in [-0.3, -0.25) is 0 Å². The van der Waals surface area contributed by atoms with Crippen molar-refractivity contribution < 1.29 is 28.2 Å². The molecule has 3 rings (SSSR count). The maximum absolute atomic E-state index is 13.7. The molecule has 0 saturated carbocycles. The average molecular weight is 354 g/mol. The summed E-state index contributed by atoms with van der Waals surface area (Å²) < 4.78 is 76.3. The van der Waals surface area contributed by atoms with Gasteiger partial charge < -0.3 is 10.5 Å². The minimum Gasteiger partial charge on any atom is -0.439 e. The molecule has 2 aromatic rings. The van der Waals surface area contributed by atoms with E-state index in [0.29, 0.717) is 6.07 Å². The predicted molar refractivity (Wildman–Crippen MR) is 84.7 cm³/mol. The summed E-state index contributed by atoms with van der Waals surface area (Å²) in [5.74, 6) is 0.0139. The number of pyridine rings is 1. The molecule has 3 N–H and O–H groups in total. The summed E-state index contributed by atoms with van der Waals surface area (Å²) in [6, 6.07) is 5.46. The van der Waals surface area contributed by atoms with Crippen LogP contribution in [0.25, 0.3) is 11.1 Å². The molecule has 1 aromatic carbocycles. The van der Waals surface area contributed by atoms with E-state index < -0.39 is 36.5 Å². The lowest BCUT2D eigenvalue weighted by atomic mass is 9.95. The Labute approximate surface area is 146 Å². The largest absolute Gasteiger partial charge is 0.439 e. The second-order valence-electron chi connectivity index (χ2n) is 5.02. The first kappa shape index (κ1) is 12.3. The van der Waals surface area contributed by atoms with Crippen LogP contribution in [0.5, 0.6) is 0 Å². The van der Waals surface area contributed by atoms with Crippen molar-refractivity contribution >= 4 is 17.6 Å². The van der Waals surface area contributed by atoms with Gasteiger partial charge in [0.25, 0.3) is 0 Å². The van der Waals surface area contributed by atoms with Crippen molar-refractivity contribution in [2.24, 2.45) is 5.10 Å². The average Bonchev–Trinajstić information content (AvgIpc) is 2.59. The Morgan fingerprint density at radius 2 is 2.12 bits per heavy atom. The van der Waals surface area contributed by atoms with Gasteiger partial charge in [-0.05, 0) is 36.2 Å². The van der Waals surface area contributed by atoms with Crippen LogP contribution >= 0.6 is 0 Å². The fraction of sp³-hybridized carbons (Fsp3) is 0.188. The molecule has 1 aliphatic heterocycles. The lowest BCUT2D eigenvalue weighted by Gasteiger charge is -2.21. The van der Waals surface area contributed by atoms with Crippen molar-refractivity contribution in [1.82, 2.24) is 10.4 Å². The molecule has 0 saturated heterocycles. The third-order valence-electron chi connectivity index (χ3n) is 3.36. The van der Waals surface area contributed by atoms with Crippen molar-refractivity contribution in [2.45, 2.75) is 19.1 Å². The van der Waals surface area contributed by atoms with Crippen molar-refractivity contribution in [2.75, 3.05) is 5.73 Å². The Kier molecular flexibility index (Phi) is 2.99. The second-order valence-corrected chi connectivity index (χ2v) is 5.02. The predicted octanol–water partition coefficient (Wildman–Crippen LogP) is 3.18. The van der Waals surface area contributed by atoms with Crippen LogP contribution in [0.15, 0.2) is 41.6 Å². The van der Waals surface area contributed by atoms with Gasteiger partial charge in [-0.25, -0.2) is 15.2 Å². The molecular formula is C16H13F3N4O2. The quantitative estimate of drug-likeness (QED) is 0.867. The number of nitrogens with zero attached hydrogens (tertiary/aromatic N) is 2. The van der Waals surface area contributed by atoms with Crippen molar-refractivity contribution in [3.05, 3.63) is 47.7 Å². The molecule has 1 amide bonds. The summed E-state index contributed by atoms with van der Waals surface area (Å²) in [5, 5.41) is 3.49. The number of nitrogens with one attached hydrogen (secondary N) is 1. The number of rotatable bonds is 2. The Bertz CT molecular complexity index is 1010. The van der Waals surface area contributed by atoms with Crippen LogP contribution in [0.1, 0.15) is 23.5 Å². The molecule has 6 nitrogen and oxygen atoms in total. The highest BCUT2D eigenvalue weighted by Crippen LogP contribution is 2.38. The number of benzene rings is 1. The zero-order chi connectivity index (χ0) is 21.6. The molecule has 130 valence electrons. The highest BCUT2D eigenvalue weighted by atomic mass is 19.4. The van der Waals surface area contributed by atoms with E-state index >= 15 is 0 Å². The first-order valence-corrected chi connectivity index (χ1v) is 6.83. The summed E-state index contributed by atoms with van der Waals surface area (Å²) in [7, 11) is 0. The Hall–Kier alpha value is -3.10. The Morgan fingerprint density at radius 3 is 2.80 bits per heavy atom. The lowest BCUT2D eigenvalue weighted by molar-refractivity contribution is -0.137. The van der Waals surface area contributed by atoms with E-state index in [1.807, 2.05) is 5.43 Å². The monoisotopic (exact) mass is 354 g/mol. The topological polar surface area (TPSA) is 89.6 Å². The number of halogens is 3. The van der Waals surface area contributed by atoms with Gasteiger partial charge in [0.2, 0.25) is 0 Å². The van der Waals surface area contributed by atoms with Crippen LogP contribution in [-0.2, 0) is 10.9 Å². The maximum atomic E-state index is 13.7. The van der Waals surface area contributed by atoms with Crippen molar-refractivity contribution in [3.63, 3.8) is 0 Å². The fourth-order valence-electron chi connectivity index (χ4n) is 2.31. The van der Waals surface area contributed by atoms with E-state index in [0.717, 1.165) is 12.1 Å². The zero-order valence-electron chi connectivity index (χ0n) is 16.4. The molecule has 0 bridgehead atoms. The number of aromatic nitrogens is 1. The maximum Gasteiger partial charge on any atom is 0.428 e. The molecule has 9 heteroatoms. The number of anilines is 1. The van der Waals surface area contributed by atoms with Gasteiger partial charge in [-0.1, -0.05) is 12.1 Å². The van der Waals surface area contributed by atoms with Gasteiger partial charge >= 0.3 is 12.3 Å². The van der Waals surface area contributed by atoms with Crippen LogP contribution in [0.3, 0.4) is 0 Å². The number of nitrogen functional groups attached to an aromatic ring is 1. The van der Waals surface area contributed by atoms with Crippen LogP contribution in [0, 0.1) is 0 Å². The Morgan fingerprint density at radius 1 is 1.32 bits per heavy atom. The Balaban J connectivity index is 2.20. The molecule has 0 fully saturated rings. The number of ether oxygens (including phenoxy) is 1. The first-order valence-electron chi connectivity index (χ1n) is 8.83. The number of nitrogens with two attached hydrogens (primary N) is 1. The molecule has 0 spiro atoms. The molecule has 0 aliphatic carbocycles. The lowest BCUT2D eigenvalue weighted by Crippen LogP contribution is -2.37. The van der Waals surface area contributed by atoms with Gasteiger partial charge in [-0.2, -0.15) is 18.3 Å². The molecule has 1 aliphatic rings. The number of amides is 1. The van der Waals surface area contributed by atoms with E-state index in [2.05, 4.69) is 14.8 Å². The number of alkyl halides is 3. The minimum atomic E-state index is -4.83. The number of carbonyl (C=O) groups is 1. The van der Waals surface area contributed by atoms with Gasteiger partial charge in [0.15, 0.2) is 0 Å². The highest BCUT2D eigenvalue weighted by Gasteiger charge is 2.35. The summed E-state index contributed by atoms with van der Waals surface area (Å²) in [5.41, 5.74) is 5.11. The summed E-state index contributed by atoms with van der Waals surface area (Å²) in [6.07, 6.45) is -7.87. The van der Waals surface area contributed by atoms with Crippen molar-refractivity contribution in [3.8, 4) is 11.1 Å². The molecule has 1 aromatic heterocycles. The van der Waals surface area contributed by atoms with Gasteiger partial charge in [-0.15, -0.1) is 0 Å². The summed E-state index contributed by atoms with van der Waals surface area (Å²) in [4.78, 5) is 15.1. The molecule has 25 heavy (non-hydrogen) atoms. The summed E-state index contributed by atoms with van der Waals surface area (Å²) >= 11 is 0. The highest BCUT2D eigenvalue weighted by molar-refractivity contribution is 6.06. The van der Waals surface area contributed by atoms with Crippen LogP contribution in [0.2, 0.25) is 0 Å². The van der Waals surface area contributed by atoms with Gasteiger partial charge in [0.05, 0.1) is 6.93 Å². The van der Waals surface area contributed by atoms with E-state index in [-0.39, 0.29) is 22.5 Å². The number of cyclic esters (lactones) is 1. The first-order chi connectivity index (χ1) is 13.3. The molecule has 1 atom stereocenters. The third-order valence-corrected chi connectivity index (χ3v) is 3.36.